The SMILES string of the molecule is CCCCCOc1cc(N2CCCN(Cc3ccc(CCN4CCCC4)cc3OC)C2=O)ccc1OC. The summed E-state index contributed by atoms with van der Waals surface area (Å²) in [6.07, 6.45) is 7.82. The topological polar surface area (TPSA) is 54.5 Å². The molecule has 2 amide bonds. The molecule has 0 saturated carbocycles. The number of likely N-dealkylation sites (tertiary alicyclic amines) is 1. The summed E-state index contributed by atoms with van der Waals surface area (Å²) in [5.74, 6) is 2.24. The van der Waals surface area contributed by atoms with E-state index in [9.17, 15) is 4.79 Å². The van der Waals surface area contributed by atoms with Crippen LogP contribution in [-0.4, -0.2) is 69.4 Å². The van der Waals surface area contributed by atoms with Gasteiger partial charge in [-0.05, 0) is 69.0 Å². The third-order valence-corrected chi connectivity index (χ3v) is 7.40. The predicted molar refractivity (Wildman–Crippen MR) is 148 cm³/mol. The highest BCUT2D eigenvalue weighted by Gasteiger charge is 2.28. The minimum absolute atomic E-state index is 0.00788. The van der Waals surface area contributed by atoms with Crippen LogP contribution < -0.4 is 19.1 Å². The molecule has 7 nitrogen and oxygen atoms in total. The summed E-state index contributed by atoms with van der Waals surface area (Å²) < 4.78 is 17.3. The second-order valence-corrected chi connectivity index (χ2v) is 10.0. The second kappa shape index (κ2) is 13.6. The number of methoxy groups -OCH3 is 2. The number of benzene rings is 2. The molecule has 0 bridgehead atoms. The van der Waals surface area contributed by atoms with Crippen molar-refractivity contribution in [3.8, 4) is 17.2 Å². The Morgan fingerprint density at radius 3 is 2.41 bits per heavy atom. The number of ether oxygens (including phenoxy) is 3. The van der Waals surface area contributed by atoms with Crippen molar-refractivity contribution >= 4 is 11.7 Å². The van der Waals surface area contributed by atoms with Crippen LogP contribution in [0.3, 0.4) is 0 Å². The molecule has 2 fully saturated rings. The number of rotatable bonds is 13. The molecule has 2 saturated heterocycles. The summed E-state index contributed by atoms with van der Waals surface area (Å²) in [5, 5.41) is 0. The number of nitrogens with zero attached hydrogens (tertiary/aromatic N) is 3. The van der Waals surface area contributed by atoms with Gasteiger partial charge in [-0.1, -0.05) is 31.9 Å². The van der Waals surface area contributed by atoms with Gasteiger partial charge in [0.15, 0.2) is 11.5 Å². The third kappa shape index (κ3) is 7.10. The third-order valence-electron chi connectivity index (χ3n) is 7.40. The van der Waals surface area contributed by atoms with Gasteiger partial charge in [0.1, 0.15) is 5.75 Å². The number of carbonyl (C=O) groups is 1. The normalized spacial score (nSPS) is 16.4. The molecule has 0 N–H and O–H groups in total. The number of carbonyl (C=O) groups excluding carboxylic acids is 1. The van der Waals surface area contributed by atoms with E-state index in [0.29, 0.717) is 31.2 Å². The van der Waals surface area contributed by atoms with Gasteiger partial charge in [-0.25, -0.2) is 4.79 Å². The largest absolute Gasteiger partial charge is 0.496 e. The number of amides is 2. The zero-order valence-corrected chi connectivity index (χ0v) is 22.8. The van der Waals surface area contributed by atoms with Crippen LogP contribution in [0.25, 0.3) is 0 Å². The van der Waals surface area contributed by atoms with Crippen molar-refractivity contribution in [1.82, 2.24) is 9.80 Å². The Hall–Kier alpha value is -2.93. The average molecular weight is 510 g/mol. The van der Waals surface area contributed by atoms with E-state index in [1.54, 1.807) is 14.2 Å². The molecule has 2 aliphatic rings. The molecule has 202 valence electrons. The lowest BCUT2D eigenvalue weighted by Crippen LogP contribution is -2.49. The predicted octanol–water partition coefficient (Wildman–Crippen LogP) is 5.74. The van der Waals surface area contributed by atoms with E-state index in [2.05, 4.69) is 30.0 Å². The zero-order valence-electron chi connectivity index (χ0n) is 22.8. The van der Waals surface area contributed by atoms with Crippen molar-refractivity contribution in [1.29, 1.82) is 0 Å². The molecule has 0 aromatic heterocycles. The number of hydrogen-bond donors (Lipinski definition) is 0. The highest BCUT2D eigenvalue weighted by atomic mass is 16.5. The number of hydrogen-bond acceptors (Lipinski definition) is 5. The summed E-state index contributed by atoms with van der Waals surface area (Å²) in [7, 11) is 3.36. The van der Waals surface area contributed by atoms with E-state index in [1.807, 2.05) is 28.0 Å². The molecular weight excluding hydrogens is 466 g/mol. The number of urea groups is 1. The van der Waals surface area contributed by atoms with Crippen LogP contribution >= 0.6 is 0 Å². The molecule has 0 radical (unpaired) electrons. The first-order chi connectivity index (χ1) is 18.1. The Balaban J connectivity index is 1.42. The Kier molecular flexibility index (Phi) is 9.94. The Morgan fingerprint density at radius 2 is 1.65 bits per heavy atom. The van der Waals surface area contributed by atoms with Crippen LogP contribution in [0.5, 0.6) is 17.2 Å². The zero-order chi connectivity index (χ0) is 26.0. The quantitative estimate of drug-likeness (QED) is 0.322. The van der Waals surface area contributed by atoms with E-state index in [-0.39, 0.29) is 6.03 Å². The molecule has 7 heteroatoms. The summed E-state index contributed by atoms with van der Waals surface area (Å²) in [6.45, 7) is 8.27. The van der Waals surface area contributed by atoms with E-state index in [0.717, 1.165) is 62.2 Å². The molecule has 0 unspecified atom stereocenters. The van der Waals surface area contributed by atoms with Crippen molar-refractivity contribution < 1.29 is 19.0 Å². The van der Waals surface area contributed by atoms with Crippen molar-refractivity contribution in [2.75, 3.05) is 58.5 Å². The molecular formula is C30H43N3O4. The average Bonchev–Trinajstić information content (AvgIpc) is 3.45. The maximum Gasteiger partial charge on any atom is 0.324 e. The molecule has 0 atom stereocenters. The van der Waals surface area contributed by atoms with Crippen LogP contribution in [0, 0.1) is 0 Å². The maximum atomic E-state index is 13.5. The van der Waals surface area contributed by atoms with E-state index in [4.69, 9.17) is 14.2 Å². The van der Waals surface area contributed by atoms with Crippen LogP contribution in [0.4, 0.5) is 10.5 Å². The summed E-state index contributed by atoms with van der Waals surface area (Å²) in [6, 6.07) is 12.2. The minimum atomic E-state index is 0.00788. The second-order valence-electron chi connectivity index (χ2n) is 10.0. The molecule has 2 aromatic carbocycles. The van der Waals surface area contributed by atoms with Gasteiger partial charge in [0.25, 0.3) is 0 Å². The van der Waals surface area contributed by atoms with Gasteiger partial charge in [0.05, 0.1) is 27.4 Å². The van der Waals surface area contributed by atoms with Gasteiger partial charge >= 0.3 is 6.03 Å². The van der Waals surface area contributed by atoms with Gasteiger partial charge in [0, 0.05) is 37.0 Å². The van der Waals surface area contributed by atoms with Gasteiger partial charge < -0.3 is 24.0 Å². The van der Waals surface area contributed by atoms with Crippen LogP contribution in [0.2, 0.25) is 0 Å². The van der Waals surface area contributed by atoms with Gasteiger partial charge in [-0.3, -0.25) is 4.90 Å². The number of unbranched alkanes of at least 4 members (excludes halogenated alkanes) is 2. The maximum absolute atomic E-state index is 13.5. The van der Waals surface area contributed by atoms with Crippen LogP contribution in [0.1, 0.15) is 56.6 Å². The van der Waals surface area contributed by atoms with Crippen molar-refractivity contribution in [3.63, 3.8) is 0 Å². The molecule has 2 heterocycles. The van der Waals surface area contributed by atoms with Crippen molar-refractivity contribution in [2.24, 2.45) is 0 Å². The lowest BCUT2D eigenvalue weighted by molar-refractivity contribution is 0.191. The summed E-state index contributed by atoms with van der Waals surface area (Å²) in [5.41, 5.74) is 3.16. The molecule has 2 aliphatic heterocycles. The molecule has 4 rings (SSSR count). The lowest BCUT2D eigenvalue weighted by Gasteiger charge is -2.36. The van der Waals surface area contributed by atoms with Gasteiger partial charge in [-0.2, -0.15) is 0 Å². The minimum Gasteiger partial charge on any atom is -0.496 e. The summed E-state index contributed by atoms with van der Waals surface area (Å²) in [4.78, 5) is 19.8. The summed E-state index contributed by atoms with van der Waals surface area (Å²) >= 11 is 0. The Bertz CT molecular complexity index is 1020. The lowest BCUT2D eigenvalue weighted by atomic mass is 10.1. The fourth-order valence-electron chi connectivity index (χ4n) is 5.22. The number of anilines is 1. The first kappa shape index (κ1) is 27.1. The molecule has 0 spiro atoms. The first-order valence-electron chi connectivity index (χ1n) is 13.9. The van der Waals surface area contributed by atoms with Gasteiger partial charge in [0.2, 0.25) is 0 Å². The smallest absolute Gasteiger partial charge is 0.324 e. The van der Waals surface area contributed by atoms with Crippen LogP contribution in [0.15, 0.2) is 36.4 Å². The van der Waals surface area contributed by atoms with E-state index in [1.165, 1.54) is 31.5 Å². The van der Waals surface area contributed by atoms with Gasteiger partial charge in [-0.15, -0.1) is 0 Å². The molecule has 0 aliphatic carbocycles. The van der Waals surface area contributed by atoms with Crippen molar-refractivity contribution in [3.05, 3.63) is 47.5 Å². The first-order valence-corrected chi connectivity index (χ1v) is 13.9. The fraction of sp³-hybridized carbons (Fsp3) is 0.567. The van der Waals surface area contributed by atoms with E-state index < -0.39 is 0 Å². The molecule has 2 aromatic rings. The van der Waals surface area contributed by atoms with Crippen molar-refractivity contribution in [2.45, 2.75) is 58.4 Å². The Labute approximate surface area is 222 Å². The highest BCUT2D eigenvalue weighted by Crippen LogP contribution is 2.34. The van der Waals surface area contributed by atoms with Crippen LogP contribution in [-0.2, 0) is 13.0 Å². The Morgan fingerprint density at radius 1 is 0.838 bits per heavy atom. The molecule has 37 heavy (non-hydrogen) atoms. The highest BCUT2D eigenvalue weighted by molar-refractivity contribution is 5.93. The van der Waals surface area contributed by atoms with E-state index >= 15 is 0 Å². The standard InChI is InChI=1S/C30H43N3O4/c1-4-5-8-20-37-29-22-26(12-13-27(29)35-2)33-18-9-17-32(30(33)34)23-25-11-10-24(21-28(25)36-3)14-19-31-15-6-7-16-31/h10-13,21-22H,4-9,14-20,23H2,1-3H3. The fourth-order valence-corrected chi connectivity index (χ4v) is 5.22. The monoisotopic (exact) mass is 509 g/mol.